The molecule has 2 atom stereocenters. The molecule has 3 aliphatic rings. The van der Waals surface area contributed by atoms with Gasteiger partial charge in [0, 0.05) is 43.6 Å². The molecule has 2 amide bonds. The first-order chi connectivity index (χ1) is 14.1. The molecule has 0 bridgehead atoms. The Morgan fingerprint density at radius 3 is 2.45 bits per heavy atom. The van der Waals surface area contributed by atoms with E-state index in [1.165, 1.54) is 0 Å². The quantitative estimate of drug-likeness (QED) is 0.866. The van der Waals surface area contributed by atoms with E-state index in [0.717, 1.165) is 37.3 Å². The van der Waals surface area contributed by atoms with Crippen molar-refractivity contribution in [1.82, 2.24) is 25.0 Å². The number of aryl methyl sites for hydroxylation is 1. The van der Waals surface area contributed by atoms with Gasteiger partial charge in [0.2, 0.25) is 5.91 Å². The molecule has 2 aromatic rings. The predicted octanol–water partition coefficient (Wildman–Crippen LogP) is 2.16. The highest BCUT2D eigenvalue weighted by Crippen LogP contribution is 2.45. The average molecular weight is 393 g/mol. The van der Waals surface area contributed by atoms with Crippen LogP contribution in [-0.2, 0) is 10.2 Å². The van der Waals surface area contributed by atoms with Crippen LogP contribution in [0.3, 0.4) is 0 Å². The maximum atomic E-state index is 13.1. The Bertz CT molecular complexity index is 920. The number of amides is 2. The second kappa shape index (κ2) is 6.97. The molecule has 0 radical (unpaired) electrons. The van der Waals surface area contributed by atoms with E-state index in [4.69, 9.17) is 0 Å². The maximum Gasteiger partial charge on any atom is 0.253 e. The second-order valence-corrected chi connectivity index (χ2v) is 8.85. The third kappa shape index (κ3) is 3.03. The minimum atomic E-state index is -0.385. The lowest BCUT2D eigenvalue weighted by Gasteiger charge is -2.28. The number of carbonyl (C=O) groups is 2. The Hall–Kier alpha value is -2.70. The molecule has 7 nitrogen and oxygen atoms in total. The maximum absolute atomic E-state index is 13.1. The Kier molecular flexibility index (Phi) is 4.41. The number of fused-ring (bicyclic) bond motifs is 1. The van der Waals surface area contributed by atoms with E-state index in [9.17, 15) is 9.59 Å². The Morgan fingerprint density at radius 2 is 1.76 bits per heavy atom. The molecule has 2 saturated heterocycles. The monoisotopic (exact) mass is 393 g/mol. The van der Waals surface area contributed by atoms with Gasteiger partial charge in [-0.1, -0.05) is 31.0 Å². The molecule has 1 N–H and O–H groups in total. The van der Waals surface area contributed by atoms with Crippen LogP contribution in [0.4, 0.5) is 0 Å². The highest BCUT2D eigenvalue weighted by Gasteiger charge is 2.58. The van der Waals surface area contributed by atoms with Crippen LogP contribution in [-0.4, -0.2) is 63.0 Å². The summed E-state index contributed by atoms with van der Waals surface area (Å²) in [5.74, 6) is 2.16. The van der Waals surface area contributed by atoms with Gasteiger partial charge in [-0.05, 0) is 31.9 Å². The van der Waals surface area contributed by atoms with Crippen LogP contribution in [0, 0.1) is 18.8 Å². The molecule has 3 fully saturated rings. The van der Waals surface area contributed by atoms with Crippen LogP contribution in [0.1, 0.15) is 47.7 Å². The fraction of sp³-hybridized carbons (Fsp3) is 0.545. The van der Waals surface area contributed by atoms with Crippen LogP contribution in [0.2, 0.25) is 0 Å². The number of carbonyl (C=O) groups excluding carboxylic acids is 2. The summed E-state index contributed by atoms with van der Waals surface area (Å²) in [4.78, 5) is 34.8. The number of H-pyrrole nitrogens is 1. The van der Waals surface area contributed by atoms with Gasteiger partial charge < -0.3 is 9.80 Å². The summed E-state index contributed by atoms with van der Waals surface area (Å²) in [5.41, 5.74) is 0.316. The SMILES string of the molecule is Cc1nc([C@]23CN(C(=O)c4ccccc4)C[C@H]2CN(C(=O)C2CCCC2)C3)n[nH]1. The topological polar surface area (TPSA) is 82.2 Å². The van der Waals surface area contributed by atoms with Gasteiger partial charge in [0.25, 0.3) is 5.91 Å². The molecule has 29 heavy (non-hydrogen) atoms. The normalized spacial score (nSPS) is 26.9. The summed E-state index contributed by atoms with van der Waals surface area (Å²) >= 11 is 0. The third-order valence-electron chi connectivity index (χ3n) is 6.98. The second-order valence-electron chi connectivity index (χ2n) is 8.85. The number of hydrogen-bond acceptors (Lipinski definition) is 4. The van der Waals surface area contributed by atoms with Gasteiger partial charge in [0.15, 0.2) is 5.82 Å². The van der Waals surface area contributed by atoms with Crippen molar-refractivity contribution in [3.05, 3.63) is 47.5 Å². The number of hydrogen-bond donors (Lipinski definition) is 1. The minimum Gasteiger partial charge on any atom is -0.341 e. The van der Waals surface area contributed by atoms with Gasteiger partial charge >= 0.3 is 0 Å². The molecule has 7 heteroatoms. The van der Waals surface area contributed by atoms with Crippen LogP contribution < -0.4 is 0 Å². The van der Waals surface area contributed by atoms with Crippen molar-refractivity contribution in [1.29, 1.82) is 0 Å². The van der Waals surface area contributed by atoms with Crippen LogP contribution >= 0.6 is 0 Å². The summed E-state index contributed by atoms with van der Waals surface area (Å²) < 4.78 is 0. The molecular weight excluding hydrogens is 366 g/mol. The van der Waals surface area contributed by atoms with Crippen molar-refractivity contribution in [3.63, 3.8) is 0 Å². The van der Waals surface area contributed by atoms with E-state index < -0.39 is 0 Å². The molecular formula is C22H27N5O2. The van der Waals surface area contributed by atoms with E-state index in [0.29, 0.717) is 31.7 Å². The van der Waals surface area contributed by atoms with E-state index in [1.54, 1.807) is 0 Å². The van der Waals surface area contributed by atoms with Crippen molar-refractivity contribution in [2.24, 2.45) is 11.8 Å². The van der Waals surface area contributed by atoms with Gasteiger partial charge in [-0.15, -0.1) is 0 Å². The highest BCUT2D eigenvalue weighted by atomic mass is 16.2. The molecule has 1 aromatic heterocycles. The lowest BCUT2D eigenvalue weighted by atomic mass is 9.80. The zero-order valence-corrected chi connectivity index (χ0v) is 16.8. The number of benzene rings is 1. The van der Waals surface area contributed by atoms with Gasteiger partial charge in [-0.2, -0.15) is 5.10 Å². The molecule has 0 spiro atoms. The molecule has 0 unspecified atom stereocenters. The van der Waals surface area contributed by atoms with Crippen molar-refractivity contribution >= 4 is 11.8 Å². The Morgan fingerprint density at radius 1 is 1.07 bits per heavy atom. The Balaban J connectivity index is 1.42. The van der Waals surface area contributed by atoms with E-state index in [1.807, 2.05) is 47.1 Å². The fourth-order valence-electron chi connectivity index (χ4n) is 5.46. The van der Waals surface area contributed by atoms with Crippen molar-refractivity contribution in [2.75, 3.05) is 26.2 Å². The number of likely N-dealkylation sites (tertiary alicyclic amines) is 2. The van der Waals surface area contributed by atoms with Crippen molar-refractivity contribution < 1.29 is 9.59 Å². The summed E-state index contributed by atoms with van der Waals surface area (Å²) in [6.07, 6.45) is 4.31. The van der Waals surface area contributed by atoms with E-state index >= 15 is 0 Å². The summed E-state index contributed by atoms with van der Waals surface area (Å²) in [5, 5.41) is 7.44. The van der Waals surface area contributed by atoms with Crippen LogP contribution in [0.25, 0.3) is 0 Å². The Labute approximate surface area is 170 Å². The number of nitrogens with zero attached hydrogens (tertiary/aromatic N) is 4. The predicted molar refractivity (Wildman–Crippen MR) is 107 cm³/mol. The number of rotatable bonds is 3. The zero-order valence-electron chi connectivity index (χ0n) is 16.8. The molecule has 1 saturated carbocycles. The average Bonchev–Trinajstić information content (AvgIpc) is 3.50. The first-order valence-electron chi connectivity index (χ1n) is 10.6. The van der Waals surface area contributed by atoms with Crippen molar-refractivity contribution in [3.8, 4) is 0 Å². The lowest BCUT2D eigenvalue weighted by Crippen LogP contribution is -2.43. The van der Waals surface area contributed by atoms with Crippen LogP contribution in [0.5, 0.6) is 0 Å². The summed E-state index contributed by atoms with van der Waals surface area (Å²) in [7, 11) is 0. The number of aromatic amines is 1. The van der Waals surface area contributed by atoms with Crippen LogP contribution in [0.15, 0.2) is 30.3 Å². The lowest BCUT2D eigenvalue weighted by molar-refractivity contribution is -0.134. The molecule has 1 aromatic carbocycles. The van der Waals surface area contributed by atoms with Gasteiger partial charge in [0.1, 0.15) is 5.82 Å². The van der Waals surface area contributed by atoms with Gasteiger partial charge in [-0.25, -0.2) is 4.98 Å². The smallest absolute Gasteiger partial charge is 0.253 e. The first kappa shape index (κ1) is 18.3. The van der Waals surface area contributed by atoms with Crippen molar-refractivity contribution in [2.45, 2.75) is 38.0 Å². The molecule has 3 heterocycles. The molecule has 152 valence electrons. The third-order valence-corrected chi connectivity index (χ3v) is 6.98. The first-order valence-corrected chi connectivity index (χ1v) is 10.6. The molecule has 2 aliphatic heterocycles. The summed E-state index contributed by atoms with van der Waals surface area (Å²) in [6.45, 7) is 4.36. The number of nitrogens with one attached hydrogen (secondary N) is 1. The minimum absolute atomic E-state index is 0.0419. The molecule has 1 aliphatic carbocycles. The van der Waals surface area contributed by atoms with Gasteiger partial charge in [-0.3, -0.25) is 14.7 Å². The highest BCUT2D eigenvalue weighted by molar-refractivity contribution is 5.94. The standard InChI is InChI=1S/C22H27N5O2/c1-15-23-21(25-24-15)22-13-26(19(28)16-7-3-2-4-8-16)11-18(22)12-27(14-22)20(29)17-9-5-6-10-17/h2-4,7-8,17-18H,5-6,9-14H2,1H3,(H,23,24,25)/t18-,22-/m0/s1. The van der Waals surface area contributed by atoms with Gasteiger partial charge in [0.05, 0.1) is 5.41 Å². The van der Waals surface area contributed by atoms with E-state index in [-0.39, 0.29) is 29.1 Å². The molecule has 5 rings (SSSR count). The largest absolute Gasteiger partial charge is 0.341 e. The fourth-order valence-corrected chi connectivity index (χ4v) is 5.46. The van der Waals surface area contributed by atoms with E-state index in [2.05, 4.69) is 15.2 Å². The summed E-state index contributed by atoms with van der Waals surface area (Å²) in [6, 6.07) is 9.41. The number of aromatic nitrogens is 3. The zero-order chi connectivity index (χ0) is 20.0.